The maximum absolute atomic E-state index is 4.42. The Labute approximate surface area is 133 Å². The van der Waals surface area contributed by atoms with Gasteiger partial charge in [0.05, 0.1) is 0 Å². The van der Waals surface area contributed by atoms with Crippen molar-refractivity contribution in [1.29, 1.82) is 0 Å². The number of piperazine rings is 1. The van der Waals surface area contributed by atoms with Crippen LogP contribution in [0.2, 0.25) is 0 Å². The summed E-state index contributed by atoms with van der Waals surface area (Å²) in [5, 5.41) is 6.85. The third-order valence-corrected chi connectivity index (χ3v) is 5.29. The summed E-state index contributed by atoms with van der Waals surface area (Å²) in [7, 11) is 0. The molecular formula is C16H30N4S. The average molecular weight is 311 g/mol. The molecule has 2 rings (SSSR count). The van der Waals surface area contributed by atoms with Gasteiger partial charge in [0, 0.05) is 56.9 Å². The monoisotopic (exact) mass is 310 g/mol. The molecule has 0 aromatic carbocycles. The number of aromatic nitrogens is 1. The van der Waals surface area contributed by atoms with E-state index in [0.717, 1.165) is 32.7 Å². The van der Waals surface area contributed by atoms with Crippen molar-refractivity contribution in [2.45, 2.75) is 40.2 Å². The molecule has 21 heavy (non-hydrogen) atoms. The number of nitrogens with zero attached hydrogens (tertiary/aromatic N) is 3. The molecular weight excluding hydrogens is 280 g/mol. The fourth-order valence-corrected chi connectivity index (χ4v) is 3.45. The lowest BCUT2D eigenvalue weighted by Crippen LogP contribution is -2.51. The molecule has 1 aliphatic heterocycles. The fraction of sp³-hybridized carbons (Fsp3) is 0.812. The largest absolute Gasteiger partial charge is 0.346 e. The van der Waals surface area contributed by atoms with Crippen LogP contribution in [-0.2, 0) is 0 Å². The Morgan fingerprint density at radius 2 is 2.05 bits per heavy atom. The molecule has 2 heterocycles. The second-order valence-corrected chi connectivity index (χ2v) is 7.65. The first-order chi connectivity index (χ1) is 10.0. The van der Waals surface area contributed by atoms with E-state index >= 15 is 0 Å². The Hall–Kier alpha value is -0.650. The molecule has 0 bridgehead atoms. The van der Waals surface area contributed by atoms with E-state index in [2.05, 4.69) is 53.2 Å². The summed E-state index contributed by atoms with van der Waals surface area (Å²) >= 11 is 1.75. The van der Waals surface area contributed by atoms with Crippen molar-refractivity contribution >= 4 is 16.5 Å². The van der Waals surface area contributed by atoms with Crippen LogP contribution in [0.4, 0.5) is 5.13 Å². The lowest BCUT2D eigenvalue weighted by Gasteiger charge is -2.40. The van der Waals surface area contributed by atoms with Gasteiger partial charge in [0.2, 0.25) is 0 Å². The van der Waals surface area contributed by atoms with Gasteiger partial charge >= 0.3 is 0 Å². The van der Waals surface area contributed by atoms with Crippen LogP contribution in [0.5, 0.6) is 0 Å². The molecule has 1 aromatic heterocycles. The highest BCUT2D eigenvalue weighted by Crippen LogP contribution is 2.24. The second kappa shape index (κ2) is 7.56. The molecule has 1 N–H and O–H groups in total. The van der Waals surface area contributed by atoms with E-state index in [1.165, 1.54) is 18.1 Å². The van der Waals surface area contributed by atoms with Gasteiger partial charge in [-0.15, -0.1) is 11.3 Å². The van der Waals surface area contributed by atoms with Crippen molar-refractivity contribution in [1.82, 2.24) is 15.2 Å². The van der Waals surface area contributed by atoms with E-state index < -0.39 is 0 Å². The third kappa shape index (κ3) is 4.94. The molecule has 1 fully saturated rings. The standard InChI is InChI=1S/C16H30N4S/c1-5-16(4,12-18-14(2)3)13-19-7-9-20(10-8-19)15-17-6-11-21-15/h6,11,14,18H,5,7-10,12-13H2,1-4H3. The Kier molecular flexibility index (Phi) is 6.02. The van der Waals surface area contributed by atoms with E-state index in [4.69, 9.17) is 0 Å². The highest BCUT2D eigenvalue weighted by atomic mass is 32.1. The van der Waals surface area contributed by atoms with Gasteiger partial charge in [-0.3, -0.25) is 4.90 Å². The first kappa shape index (κ1) is 16.7. The Morgan fingerprint density at radius 1 is 1.33 bits per heavy atom. The molecule has 1 unspecified atom stereocenters. The summed E-state index contributed by atoms with van der Waals surface area (Å²) in [6, 6.07) is 0.567. The maximum atomic E-state index is 4.42. The highest BCUT2D eigenvalue weighted by molar-refractivity contribution is 7.13. The lowest BCUT2D eigenvalue weighted by molar-refractivity contribution is 0.146. The zero-order valence-corrected chi connectivity index (χ0v) is 14.7. The molecule has 5 heteroatoms. The first-order valence-electron chi connectivity index (χ1n) is 8.12. The molecule has 0 aliphatic carbocycles. The summed E-state index contributed by atoms with van der Waals surface area (Å²) in [6.45, 7) is 16.0. The van der Waals surface area contributed by atoms with Crippen molar-refractivity contribution < 1.29 is 0 Å². The van der Waals surface area contributed by atoms with E-state index in [0.29, 0.717) is 11.5 Å². The van der Waals surface area contributed by atoms with Gasteiger partial charge in [-0.2, -0.15) is 0 Å². The number of hydrogen-bond acceptors (Lipinski definition) is 5. The molecule has 1 aliphatic rings. The van der Waals surface area contributed by atoms with Crippen LogP contribution in [0.3, 0.4) is 0 Å². The van der Waals surface area contributed by atoms with Crippen LogP contribution in [0.25, 0.3) is 0 Å². The summed E-state index contributed by atoms with van der Waals surface area (Å²) in [4.78, 5) is 9.45. The number of nitrogens with one attached hydrogen (secondary N) is 1. The fourth-order valence-electron chi connectivity index (χ4n) is 2.75. The minimum absolute atomic E-state index is 0.369. The molecule has 0 saturated carbocycles. The van der Waals surface area contributed by atoms with Crippen LogP contribution in [0, 0.1) is 5.41 Å². The first-order valence-corrected chi connectivity index (χ1v) is 9.00. The summed E-state index contributed by atoms with van der Waals surface area (Å²) in [6.07, 6.45) is 3.12. The van der Waals surface area contributed by atoms with Crippen LogP contribution in [0.15, 0.2) is 11.6 Å². The van der Waals surface area contributed by atoms with Gasteiger partial charge in [0.15, 0.2) is 5.13 Å². The topological polar surface area (TPSA) is 31.4 Å². The molecule has 0 spiro atoms. The number of thiazole rings is 1. The van der Waals surface area contributed by atoms with E-state index in [-0.39, 0.29) is 0 Å². The zero-order chi connectivity index (χ0) is 15.3. The van der Waals surface area contributed by atoms with Crippen molar-refractivity contribution in [2.24, 2.45) is 5.41 Å². The minimum Gasteiger partial charge on any atom is -0.346 e. The SMILES string of the molecule is CCC(C)(CNC(C)C)CN1CCN(c2nccs2)CC1. The lowest BCUT2D eigenvalue weighted by atomic mass is 9.86. The smallest absolute Gasteiger partial charge is 0.185 e. The molecule has 0 radical (unpaired) electrons. The predicted octanol–water partition coefficient (Wildman–Crippen LogP) is 2.68. The Balaban J connectivity index is 1.81. The van der Waals surface area contributed by atoms with E-state index in [1.807, 2.05) is 6.20 Å². The normalized spacial score (nSPS) is 20.0. The van der Waals surface area contributed by atoms with Crippen molar-refractivity contribution in [3.05, 3.63) is 11.6 Å². The minimum atomic E-state index is 0.369. The molecule has 1 atom stereocenters. The maximum Gasteiger partial charge on any atom is 0.185 e. The van der Waals surface area contributed by atoms with E-state index in [9.17, 15) is 0 Å². The molecule has 120 valence electrons. The van der Waals surface area contributed by atoms with Crippen LogP contribution in [-0.4, -0.2) is 55.2 Å². The van der Waals surface area contributed by atoms with Gasteiger partial charge in [-0.05, 0) is 11.8 Å². The van der Waals surface area contributed by atoms with Gasteiger partial charge in [-0.1, -0.05) is 27.7 Å². The van der Waals surface area contributed by atoms with Crippen molar-refractivity contribution in [2.75, 3.05) is 44.2 Å². The summed E-state index contributed by atoms with van der Waals surface area (Å²) in [5.41, 5.74) is 0.369. The van der Waals surface area contributed by atoms with Gasteiger partial charge < -0.3 is 10.2 Å². The zero-order valence-electron chi connectivity index (χ0n) is 13.9. The predicted molar refractivity (Wildman–Crippen MR) is 92.3 cm³/mol. The van der Waals surface area contributed by atoms with Gasteiger partial charge in [-0.25, -0.2) is 4.98 Å². The van der Waals surface area contributed by atoms with Crippen LogP contribution >= 0.6 is 11.3 Å². The Morgan fingerprint density at radius 3 is 2.57 bits per heavy atom. The van der Waals surface area contributed by atoms with Crippen LogP contribution < -0.4 is 10.2 Å². The molecule has 0 amide bonds. The van der Waals surface area contributed by atoms with Crippen molar-refractivity contribution in [3.8, 4) is 0 Å². The number of rotatable bonds is 7. The highest BCUT2D eigenvalue weighted by Gasteiger charge is 2.27. The molecule has 4 nitrogen and oxygen atoms in total. The Bertz CT molecular complexity index is 398. The third-order valence-electron chi connectivity index (χ3n) is 4.46. The van der Waals surface area contributed by atoms with Gasteiger partial charge in [0.25, 0.3) is 0 Å². The summed E-state index contributed by atoms with van der Waals surface area (Å²) in [5.74, 6) is 0. The van der Waals surface area contributed by atoms with Gasteiger partial charge in [0.1, 0.15) is 0 Å². The molecule has 1 saturated heterocycles. The van der Waals surface area contributed by atoms with E-state index in [1.54, 1.807) is 11.3 Å². The van der Waals surface area contributed by atoms with Crippen molar-refractivity contribution in [3.63, 3.8) is 0 Å². The second-order valence-electron chi connectivity index (χ2n) is 6.78. The number of anilines is 1. The number of hydrogen-bond donors (Lipinski definition) is 1. The quantitative estimate of drug-likeness (QED) is 0.839. The summed E-state index contributed by atoms with van der Waals surface area (Å²) < 4.78 is 0. The van der Waals surface area contributed by atoms with Crippen LogP contribution in [0.1, 0.15) is 34.1 Å². The molecule has 1 aromatic rings. The average Bonchev–Trinajstić information content (AvgIpc) is 3.00.